The van der Waals surface area contributed by atoms with Crippen molar-refractivity contribution in [1.82, 2.24) is 9.62 Å². The van der Waals surface area contributed by atoms with E-state index in [1.807, 2.05) is 24.1 Å². The predicted octanol–water partition coefficient (Wildman–Crippen LogP) is 2.37. The van der Waals surface area contributed by atoms with E-state index in [1.54, 1.807) is 10.4 Å². The molecule has 1 N–H and O–H groups in total. The second-order valence-corrected chi connectivity index (χ2v) is 9.07. The lowest BCUT2D eigenvalue weighted by Gasteiger charge is -2.31. The highest BCUT2D eigenvalue weighted by Gasteiger charge is 2.31. The Labute approximate surface area is 130 Å². The summed E-state index contributed by atoms with van der Waals surface area (Å²) in [5, 5.41) is 5.51. The molecule has 1 atom stereocenters. The van der Waals surface area contributed by atoms with Crippen molar-refractivity contribution in [3.8, 4) is 0 Å². The van der Waals surface area contributed by atoms with Crippen LogP contribution in [0.1, 0.15) is 25.1 Å². The number of nitrogens with one attached hydrogen (secondary N) is 1. The Hall–Kier alpha value is -0.0800. The van der Waals surface area contributed by atoms with Gasteiger partial charge in [0.2, 0.25) is 10.0 Å². The molecular weight excluding hydrogens is 312 g/mol. The van der Waals surface area contributed by atoms with Gasteiger partial charge in [-0.1, -0.05) is 13.8 Å². The van der Waals surface area contributed by atoms with Gasteiger partial charge in [-0.3, -0.25) is 0 Å². The number of hydrogen-bond donors (Lipinski definition) is 1. The summed E-state index contributed by atoms with van der Waals surface area (Å²) in [4.78, 5) is 1.41. The second kappa shape index (κ2) is 7.26. The molecular formula is C13H22N2O2S3. The summed E-state index contributed by atoms with van der Waals surface area (Å²) >= 11 is 3.40. The Balaban J connectivity index is 2.19. The molecule has 1 saturated heterocycles. The quantitative estimate of drug-likeness (QED) is 0.868. The van der Waals surface area contributed by atoms with Crippen LogP contribution >= 0.6 is 23.1 Å². The molecule has 2 heterocycles. The van der Waals surface area contributed by atoms with Gasteiger partial charge in [-0.05, 0) is 24.4 Å². The molecule has 2 rings (SSSR count). The molecule has 1 aliphatic heterocycles. The minimum atomic E-state index is -3.33. The number of thiophene rings is 1. The van der Waals surface area contributed by atoms with Crippen molar-refractivity contribution in [3.05, 3.63) is 16.3 Å². The number of hydrogen-bond acceptors (Lipinski definition) is 5. The zero-order valence-electron chi connectivity index (χ0n) is 12.0. The van der Waals surface area contributed by atoms with Crippen LogP contribution < -0.4 is 5.32 Å². The lowest BCUT2D eigenvalue weighted by atomic mass is 10.3. The van der Waals surface area contributed by atoms with E-state index in [9.17, 15) is 8.42 Å². The summed E-state index contributed by atoms with van der Waals surface area (Å²) in [5.74, 6) is 0.893. The van der Waals surface area contributed by atoms with Gasteiger partial charge in [0.1, 0.15) is 0 Å². The minimum absolute atomic E-state index is 0.425. The van der Waals surface area contributed by atoms with Crippen molar-refractivity contribution >= 4 is 33.1 Å². The van der Waals surface area contributed by atoms with Crippen molar-refractivity contribution in [2.45, 2.75) is 37.0 Å². The zero-order chi connectivity index (χ0) is 14.6. The maximum Gasteiger partial charge on any atom is 0.244 e. The maximum absolute atomic E-state index is 12.8. The fourth-order valence-electron chi connectivity index (χ4n) is 2.22. The van der Waals surface area contributed by atoms with Gasteiger partial charge >= 0.3 is 0 Å². The summed E-state index contributed by atoms with van der Waals surface area (Å²) in [6, 6.07) is 1.75. The molecule has 114 valence electrons. The SMILES string of the molecule is CCNCc1sccc1S(=O)(=O)N1CCSC(CC)C1. The molecule has 0 amide bonds. The molecule has 1 aromatic heterocycles. The van der Waals surface area contributed by atoms with Crippen LogP contribution in [-0.2, 0) is 16.6 Å². The van der Waals surface area contributed by atoms with E-state index < -0.39 is 10.0 Å². The van der Waals surface area contributed by atoms with Gasteiger partial charge in [-0.2, -0.15) is 16.1 Å². The molecule has 0 aromatic carbocycles. The van der Waals surface area contributed by atoms with Gasteiger partial charge in [0.05, 0.1) is 4.90 Å². The molecule has 0 bridgehead atoms. The van der Waals surface area contributed by atoms with E-state index in [4.69, 9.17) is 0 Å². The van der Waals surface area contributed by atoms with Crippen LogP contribution in [0.15, 0.2) is 16.3 Å². The number of sulfonamides is 1. The third-order valence-electron chi connectivity index (χ3n) is 3.41. The molecule has 0 aliphatic carbocycles. The highest BCUT2D eigenvalue weighted by molar-refractivity contribution is 8.00. The summed E-state index contributed by atoms with van der Waals surface area (Å²) in [7, 11) is -3.33. The molecule has 4 nitrogen and oxygen atoms in total. The Kier molecular flexibility index (Phi) is 5.92. The minimum Gasteiger partial charge on any atom is -0.312 e. The fraction of sp³-hybridized carbons (Fsp3) is 0.692. The third-order valence-corrected chi connectivity index (χ3v) is 7.79. The molecule has 0 saturated carbocycles. The topological polar surface area (TPSA) is 49.4 Å². The Morgan fingerprint density at radius 3 is 2.95 bits per heavy atom. The fourth-order valence-corrected chi connectivity index (χ4v) is 6.48. The summed E-state index contributed by atoms with van der Waals surface area (Å²) in [5.41, 5.74) is 0. The molecule has 0 radical (unpaired) electrons. The van der Waals surface area contributed by atoms with Crippen LogP contribution in [0.3, 0.4) is 0 Å². The molecule has 1 aromatic rings. The number of thioether (sulfide) groups is 1. The van der Waals surface area contributed by atoms with Crippen LogP contribution in [0.5, 0.6) is 0 Å². The van der Waals surface area contributed by atoms with E-state index in [0.717, 1.165) is 23.6 Å². The lowest BCUT2D eigenvalue weighted by Crippen LogP contribution is -2.41. The van der Waals surface area contributed by atoms with E-state index >= 15 is 0 Å². The van der Waals surface area contributed by atoms with Crippen molar-refractivity contribution in [2.75, 3.05) is 25.4 Å². The largest absolute Gasteiger partial charge is 0.312 e. The second-order valence-electron chi connectivity index (χ2n) is 4.75. The average Bonchev–Trinajstić information content (AvgIpc) is 2.94. The molecule has 1 unspecified atom stereocenters. The van der Waals surface area contributed by atoms with Crippen molar-refractivity contribution in [1.29, 1.82) is 0 Å². The highest BCUT2D eigenvalue weighted by atomic mass is 32.2. The normalized spacial score (nSPS) is 21.2. The molecule has 20 heavy (non-hydrogen) atoms. The molecule has 0 spiro atoms. The first-order chi connectivity index (χ1) is 9.59. The number of rotatable bonds is 6. The summed E-state index contributed by atoms with van der Waals surface area (Å²) < 4.78 is 27.2. The Morgan fingerprint density at radius 1 is 1.45 bits per heavy atom. The van der Waals surface area contributed by atoms with Crippen molar-refractivity contribution < 1.29 is 8.42 Å². The Bertz CT molecular complexity index is 527. The standard InChI is InChI=1S/C13H22N2O2S3/c1-3-11-10-15(6-8-18-11)20(16,17)13-5-7-19-12(13)9-14-4-2/h5,7,11,14H,3-4,6,8-10H2,1-2H3. The number of nitrogens with zero attached hydrogens (tertiary/aromatic N) is 1. The van der Waals surface area contributed by atoms with Gasteiger partial charge in [0, 0.05) is 35.5 Å². The molecule has 7 heteroatoms. The lowest BCUT2D eigenvalue weighted by molar-refractivity contribution is 0.415. The highest BCUT2D eigenvalue weighted by Crippen LogP contribution is 2.29. The summed E-state index contributed by atoms with van der Waals surface area (Å²) in [6.45, 7) is 6.88. The van der Waals surface area contributed by atoms with Crippen LogP contribution in [0.4, 0.5) is 0 Å². The average molecular weight is 335 g/mol. The zero-order valence-corrected chi connectivity index (χ0v) is 14.4. The summed E-state index contributed by atoms with van der Waals surface area (Å²) in [6.07, 6.45) is 1.02. The van der Waals surface area contributed by atoms with Gasteiger partial charge in [0.25, 0.3) is 0 Å². The van der Waals surface area contributed by atoms with Gasteiger partial charge < -0.3 is 5.32 Å². The predicted molar refractivity (Wildman–Crippen MR) is 87.0 cm³/mol. The van der Waals surface area contributed by atoms with E-state index in [-0.39, 0.29) is 0 Å². The first-order valence-electron chi connectivity index (χ1n) is 6.98. The van der Waals surface area contributed by atoms with Gasteiger partial charge in [-0.15, -0.1) is 11.3 Å². The smallest absolute Gasteiger partial charge is 0.244 e. The van der Waals surface area contributed by atoms with E-state index in [1.165, 1.54) is 11.3 Å². The third kappa shape index (κ3) is 3.57. The maximum atomic E-state index is 12.8. The van der Waals surface area contributed by atoms with Crippen LogP contribution in [0, 0.1) is 0 Å². The van der Waals surface area contributed by atoms with Gasteiger partial charge in [-0.25, -0.2) is 8.42 Å². The van der Waals surface area contributed by atoms with Crippen molar-refractivity contribution in [3.63, 3.8) is 0 Å². The van der Waals surface area contributed by atoms with Crippen molar-refractivity contribution in [2.24, 2.45) is 0 Å². The molecule has 1 aliphatic rings. The Morgan fingerprint density at radius 2 is 2.25 bits per heavy atom. The van der Waals surface area contributed by atoms with Crippen LogP contribution in [0.2, 0.25) is 0 Å². The first kappa shape index (κ1) is 16.3. The van der Waals surface area contributed by atoms with Crippen LogP contribution in [0.25, 0.3) is 0 Å². The monoisotopic (exact) mass is 334 g/mol. The van der Waals surface area contributed by atoms with Gasteiger partial charge in [0.15, 0.2) is 0 Å². The first-order valence-corrected chi connectivity index (χ1v) is 10.3. The van der Waals surface area contributed by atoms with E-state index in [2.05, 4.69) is 12.2 Å². The molecule has 1 fully saturated rings. The van der Waals surface area contributed by atoms with E-state index in [0.29, 0.717) is 29.8 Å². The van der Waals surface area contributed by atoms with Crippen LogP contribution in [-0.4, -0.2) is 43.4 Å².